The van der Waals surface area contributed by atoms with Crippen LogP contribution < -0.4 is 10.1 Å². The van der Waals surface area contributed by atoms with Crippen molar-refractivity contribution < 1.29 is 4.74 Å². The van der Waals surface area contributed by atoms with Crippen LogP contribution in [-0.2, 0) is 13.5 Å². The van der Waals surface area contributed by atoms with E-state index in [1.54, 1.807) is 7.11 Å². The van der Waals surface area contributed by atoms with Gasteiger partial charge in [0.25, 0.3) is 0 Å². The lowest BCUT2D eigenvalue weighted by Crippen LogP contribution is -2.30. The van der Waals surface area contributed by atoms with Crippen molar-refractivity contribution in [3.05, 3.63) is 47.4 Å². The van der Waals surface area contributed by atoms with Crippen LogP contribution in [0.2, 0.25) is 0 Å². The third-order valence-electron chi connectivity index (χ3n) is 4.22. The highest BCUT2D eigenvalue weighted by atomic mass is 35.5. The van der Waals surface area contributed by atoms with E-state index >= 15 is 0 Å². The van der Waals surface area contributed by atoms with Gasteiger partial charge in [-0.3, -0.25) is 4.68 Å². The SMILES string of the molecule is COc1ccc2[nH]c3c(c2c1)CCNC3c1cnn(C)c1.Cl. The lowest BCUT2D eigenvalue weighted by Gasteiger charge is -2.23. The molecule has 2 aromatic heterocycles. The van der Waals surface area contributed by atoms with Gasteiger partial charge < -0.3 is 15.0 Å². The summed E-state index contributed by atoms with van der Waals surface area (Å²) in [5, 5.41) is 9.13. The summed E-state index contributed by atoms with van der Waals surface area (Å²) in [7, 11) is 3.66. The second-order valence-corrected chi connectivity index (χ2v) is 5.51. The Labute approximate surface area is 135 Å². The van der Waals surface area contributed by atoms with Gasteiger partial charge in [-0.25, -0.2) is 0 Å². The first-order chi connectivity index (χ1) is 10.3. The van der Waals surface area contributed by atoms with Crippen LogP contribution in [0.3, 0.4) is 0 Å². The average Bonchev–Trinajstić information content (AvgIpc) is 3.09. The molecule has 1 unspecified atom stereocenters. The van der Waals surface area contributed by atoms with Crippen molar-refractivity contribution in [3.63, 3.8) is 0 Å². The fourth-order valence-corrected chi connectivity index (χ4v) is 3.21. The van der Waals surface area contributed by atoms with E-state index in [1.807, 2.05) is 24.0 Å². The Morgan fingerprint density at radius 2 is 2.23 bits per heavy atom. The Balaban J connectivity index is 0.00000144. The van der Waals surface area contributed by atoms with Gasteiger partial charge in [0.1, 0.15) is 5.75 Å². The number of rotatable bonds is 2. The van der Waals surface area contributed by atoms with Crippen molar-refractivity contribution >= 4 is 23.3 Å². The second-order valence-electron chi connectivity index (χ2n) is 5.51. The number of methoxy groups -OCH3 is 1. The fourth-order valence-electron chi connectivity index (χ4n) is 3.21. The molecule has 1 aliphatic rings. The normalized spacial score (nSPS) is 17.1. The summed E-state index contributed by atoms with van der Waals surface area (Å²) in [5.41, 5.74) is 4.99. The predicted octanol–water partition coefficient (Wildman–Crippen LogP) is 2.57. The standard InChI is InChI=1S/C16H18N4O.ClH/c1-20-9-10(8-18-20)15-16-12(5-6-17-15)13-7-11(21-2)3-4-14(13)19-16;/h3-4,7-9,15,17,19H,5-6H2,1-2H3;1H. The van der Waals surface area contributed by atoms with E-state index in [1.165, 1.54) is 27.7 Å². The monoisotopic (exact) mass is 318 g/mol. The Morgan fingerprint density at radius 3 is 2.95 bits per heavy atom. The topological polar surface area (TPSA) is 54.9 Å². The van der Waals surface area contributed by atoms with Gasteiger partial charge in [-0.05, 0) is 30.2 Å². The van der Waals surface area contributed by atoms with Gasteiger partial charge in [0.15, 0.2) is 0 Å². The molecule has 1 atom stereocenters. The molecule has 22 heavy (non-hydrogen) atoms. The van der Waals surface area contributed by atoms with Crippen molar-refractivity contribution in [2.75, 3.05) is 13.7 Å². The van der Waals surface area contributed by atoms with Crippen LogP contribution in [0.5, 0.6) is 5.75 Å². The first-order valence-corrected chi connectivity index (χ1v) is 7.16. The minimum atomic E-state index is 0. The molecule has 3 heterocycles. The number of benzene rings is 1. The Bertz CT molecular complexity index is 808. The van der Waals surface area contributed by atoms with E-state index in [0.29, 0.717) is 0 Å². The van der Waals surface area contributed by atoms with Crippen LogP contribution in [0.25, 0.3) is 10.9 Å². The van der Waals surface area contributed by atoms with Crippen molar-refractivity contribution in [3.8, 4) is 5.75 Å². The summed E-state index contributed by atoms with van der Waals surface area (Å²) in [4.78, 5) is 3.57. The molecule has 2 N–H and O–H groups in total. The maximum Gasteiger partial charge on any atom is 0.119 e. The third kappa shape index (κ3) is 2.26. The molecule has 0 saturated carbocycles. The zero-order valence-corrected chi connectivity index (χ0v) is 13.4. The molecule has 3 aromatic rings. The van der Waals surface area contributed by atoms with Crippen LogP contribution in [0.15, 0.2) is 30.6 Å². The Morgan fingerprint density at radius 1 is 1.36 bits per heavy atom. The largest absolute Gasteiger partial charge is 0.497 e. The number of halogens is 1. The summed E-state index contributed by atoms with van der Waals surface area (Å²) >= 11 is 0. The quantitative estimate of drug-likeness (QED) is 0.763. The first kappa shape index (κ1) is 14.9. The predicted molar refractivity (Wildman–Crippen MR) is 88.9 cm³/mol. The van der Waals surface area contributed by atoms with Crippen molar-refractivity contribution in [1.29, 1.82) is 0 Å². The Kier molecular flexibility index (Phi) is 3.85. The summed E-state index contributed by atoms with van der Waals surface area (Å²) in [6.07, 6.45) is 5.02. The molecule has 0 bridgehead atoms. The summed E-state index contributed by atoms with van der Waals surface area (Å²) in [6.45, 7) is 0.969. The molecule has 4 rings (SSSR count). The molecular weight excluding hydrogens is 300 g/mol. The number of nitrogens with one attached hydrogen (secondary N) is 2. The number of ether oxygens (including phenoxy) is 1. The van der Waals surface area contributed by atoms with E-state index in [-0.39, 0.29) is 18.4 Å². The van der Waals surface area contributed by atoms with E-state index in [9.17, 15) is 0 Å². The van der Waals surface area contributed by atoms with Gasteiger partial charge in [0.05, 0.1) is 19.3 Å². The van der Waals surface area contributed by atoms with Crippen molar-refractivity contribution in [2.24, 2.45) is 7.05 Å². The van der Waals surface area contributed by atoms with E-state index < -0.39 is 0 Å². The minimum Gasteiger partial charge on any atom is -0.497 e. The van der Waals surface area contributed by atoms with E-state index in [4.69, 9.17) is 4.74 Å². The number of aryl methyl sites for hydroxylation is 1. The lowest BCUT2D eigenvalue weighted by molar-refractivity contribution is 0.415. The van der Waals surface area contributed by atoms with E-state index in [0.717, 1.165) is 18.7 Å². The van der Waals surface area contributed by atoms with Gasteiger partial charge in [0.2, 0.25) is 0 Å². The third-order valence-corrected chi connectivity index (χ3v) is 4.22. The average molecular weight is 319 g/mol. The molecule has 0 amide bonds. The maximum absolute atomic E-state index is 5.35. The van der Waals surface area contributed by atoms with Crippen LogP contribution in [0.1, 0.15) is 22.9 Å². The van der Waals surface area contributed by atoms with Crippen molar-refractivity contribution in [1.82, 2.24) is 20.1 Å². The highest BCUT2D eigenvalue weighted by molar-refractivity contribution is 5.86. The molecule has 5 nitrogen and oxygen atoms in total. The van der Waals surface area contributed by atoms with Crippen molar-refractivity contribution in [2.45, 2.75) is 12.5 Å². The molecule has 6 heteroatoms. The molecule has 0 aliphatic carbocycles. The number of H-pyrrole nitrogens is 1. The fraction of sp³-hybridized carbons (Fsp3) is 0.312. The van der Waals surface area contributed by atoms with Crippen LogP contribution in [0.4, 0.5) is 0 Å². The first-order valence-electron chi connectivity index (χ1n) is 7.16. The molecule has 1 aliphatic heterocycles. The summed E-state index contributed by atoms with van der Waals surface area (Å²) in [6, 6.07) is 6.39. The number of hydrogen-bond acceptors (Lipinski definition) is 3. The van der Waals surface area contributed by atoms with Crippen LogP contribution >= 0.6 is 12.4 Å². The van der Waals surface area contributed by atoms with Crippen LogP contribution in [-0.4, -0.2) is 28.4 Å². The molecule has 0 saturated heterocycles. The van der Waals surface area contributed by atoms with Crippen LogP contribution in [0, 0.1) is 0 Å². The molecule has 0 fully saturated rings. The van der Waals surface area contributed by atoms with Gasteiger partial charge in [-0.2, -0.15) is 5.10 Å². The zero-order chi connectivity index (χ0) is 14.4. The lowest BCUT2D eigenvalue weighted by atomic mass is 9.96. The number of nitrogens with zero attached hydrogens (tertiary/aromatic N) is 2. The number of hydrogen-bond donors (Lipinski definition) is 2. The van der Waals surface area contributed by atoms with Gasteiger partial charge in [-0.1, -0.05) is 0 Å². The Hall–Kier alpha value is -1.98. The molecule has 0 spiro atoms. The van der Waals surface area contributed by atoms with Gasteiger partial charge in [0, 0.05) is 41.9 Å². The highest BCUT2D eigenvalue weighted by Crippen LogP contribution is 2.34. The minimum absolute atomic E-state index is 0. The number of aromatic amines is 1. The molecule has 116 valence electrons. The zero-order valence-electron chi connectivity index (χ0n) is 12.6. The highest BCUT2D eigenvalue weighted by Gasteiger charge is 2.26. The number of aromatic nitrogens is 3. The second kappa shape index (κ2) is 5.66. The summed E-state index contributed by atoms with van der Waals surface area (Å²) in [5.74, 6) is 0.903. The van der Waals surface area contributed by atoms with E-state index in [2.05, 4.69) is 33.7 Å². The van der Waals surface area contributed by atoms with Gasteiger partial charge >= 0.3 is 0 Å². The summed E-state index contributed by atoms with van der Waals surface area (Å²) < 4.78 is 7.20. The maximum atomic E-state index is 5.35. The van der Waals surface area contributed by atoms with Gasteiger partial charge in [-0.15, -0.1) is 12.4 Å². The molecule has 0 radical (unpaired) electrons. The molecular formula is C16H19ClN4O. The smallest absolute Gasteiger partial charge is 0.119 e. The number of fused-ring (bicyclic) bond motifs is 3. The molecule has 1 aromatic carbocycles.